The van der Waals surface area contributed by atoms with E-state index in [1.165, 1.54) is 75.3 Å². The van der Waals surface area contributed by atoms with Crippen LogP contribution in [-0.2, 0) is 12.8 Å². The second-order valence-electron chi connectivity index (χ2n) is 10.6. The first-order chi connectivity index (χ1) is 17.2. The quantitative estimate of drug-likeness (QED) is 0.274. The summed E-state index contributed by atoms with van der Waals surface area (Å²) in [5, 5.41) is 1.65. The number of unbranched alkanes of at least 4 members (excludes halogenated alkanes) is 2. The van der Waals surface area contributed by atoms with Gasteiger partial charge in [-0.2, -0.15) is 0 Å². The van der Waals surface area contributed by atoms with Crippen LogP contribution in [-0.4, -0.2) is 0 Å². The third-order valence-electron chi connectivity index (χ3n) is 7.91. The van der Waals surface area contributed by atoms with E-state index in [-0.39, 0.29) is 5.82 Å². The highest BCUT2D eigenvalue weighted by Crippen LogP contribution is 2.34. The van der Waals surface area contributed by atoms with E-state index in [2.05, 4.69) is 50.0 Å². The molecule has 1 aliphatic rings. The van der Waals surface area contributed by atoms with Crippen molar-refractivity contribution in [2.45, 2.75) is 90.9 Å². The normalized spacial score (nSPS) is 17.8. The first kappa shape index (κ1) is 25.5. The molecular weight excluding hydrogens is 427 g/mol. The summed E-state index contributed by atoms with van der Waals surface area (Å²) in [5.74, 6) is 7.83. The highest BCUT2D eigenvalue weighted by Gasteiger charge is 2.20. The number of hydrogen-bond acceptors (Lipinski definition) is 0. The summed E-state index contributed by atoms with van der Waals surface area (Å²) in [4.78, 5) is 0. The average Bonchev–Trinajstić information content (AvgIpc) is 2.90. The van der Waals surface area contributed by atoms with Crippen molar-refractivity contribution in [3.05, 3.63) is 82.7 Å². The van der Waals surface area contributed by atoms with E-state index < -0.39 is 0 Å². The van der Waals surface area contributed by atoms with Gasteiger partial charge in [0, 0.05) is 10.9 Å². The van der Waals surface area contributed by atoms with Crippen molar-refractivity contribution in [3.8, 4) is 11.8 Å². The standard InChI is InChI=1S/C34H41F/c1-3-5-7-26-9-13-28(14-10-26)17-18-30-20-24-33-32(25-30)23-22-31(34(33)35)21-19-29-15-11-27(12-16-29)8-6-4-2/h11-12,15-16,20,22-26,28H,3-10,13-14,17-18H2,1-2H3. The van der Waals surface area contributed by atoms with Gasteiger partial charge in [0.2, 0.25) is 0 Å². The summed E-state index contributed by atoms with van der Waals surface area (Å²) in [6.07, 6.45) is 15.6. The summed E-state index contributed by atoms with van der Waals surface area (Å²) < 4.78 is 15.2. The first-order valence-electron chi connectivity index (χ1n) is 14.0. The Bertz CT molecular complexity index is 1140. The van der Waals surface area contributed by atoms with Crippen molar-refractivity contribution in [2.75, 3.05) is 0 Å². The van der Waals surface area contributed by atoms with E-state index in [9.17, 15) is 0 Å². The molecule has 4 rings (SSSR count). The van der Waals surface area contributed by atoms with Crippen molar-refractivity contribution in [3.63, 3.8) is 0 Å². The Hall–Kier alpha value is -2.59. The predicted molar refractivity (Wildman–Crippen MR) is 148 cm³/mol. The highest BCUT2D eigenvalue weighted by atomic mass is 19.1. The maximum absolute atomic E-state index is 15.2. The monoisotopic (exact) mass is 468 g/mol. The maximum atomic E-state index is 15.2. The summed E-state index contributed by atoms with van der Waals surface area (Å²) in [6, 6.07) is 18.5. The Morgan fingerprint density at radius 1 is 0.714 bits per heavy atom. The predicted octanol–water partition coefficient (Wildman–Crippen LogP) is 9.65. The van der Waals surface area contributed by atoms with E-state index in [1.54, 1.807) is 0 Å². The number of halogens is 1. The molecule has 0 heterocycles. The fourth-order valence-electron chi connectivity index (χ4n) is 5.54. The molecule has 0 saturated heterocycles. The molecule has 1 heteroatoms. The van der Waals surface area contributed by atoms with Crippen LogP contribution in [0.4, 0.5) is 4.39 Å². The topological polar surface area (TPSA) is 0 Å². The van der Waals surface area contributed by atoms with Gasteiger partial charge in [-0.25, -0.2) is 4.39 Å². The van der Waals surface area contributed by atoms with Crippen molar-refractivity contribution in [1.29, 1.82) is 0 Å². The Balaban J connectivity index is 1.36. The zero-order chi connectivity index (χ0) is 24.5. The Morgan fingerprint density at radius 2 is 1.40 bits per heavy atom. The second-order valence-corrected chi connectivity index (χ2v) is 10.6. The zero-order valence-electron chi connectivity index (χ0n) is 21.7. The third kappa shape index (κ3) is 7.20. The van der Waals surface area contributed by atoms with Crippen molar-refractivity contribution in [2.24, 2.45) is 11.8 Å². The largest absolute Gasteiger partial charge is 0.205 e. The molecule has 0 N–H and O–H groups in total. The highest BCUT2D eigenvalue weighted by molar-refractivity contribution is 5.85. The molecule has 0 bridgehead atoms. The van der Waals surface area contributed by atoms with Crippen LogP contribution in [0.2, 0.25) is 0 Å². The molecule has 0 nitrogen and oxygen atoms in total. The van der Waals surface area contributed by atoms with Crippen LogP contribution in [0.25, 0.3) is 10.8 Å². The molecule has 184 valence electrons. The van der Waals surface area contributed by atoms with Gasteiger partial charge in [0.25, 0.3) is 0 Å². The smallest absolute Gasteiger partial charge is 0.146 e. The number of fused-ring (bicyclic) bond motifs is 1. The van der Waals surface area contributed by atoms with Crippen LogP contribution in [0.1, 0.15) is 100 Å². The molecule has 0 aromatic heterocycles. The minimum Gasteiger partial charge on any atom is -0.205 e. The van der Waals surface area contributed by atoms with Crippen LogP contribution in [0, 0.1) is 29.5 Å². The molecule has 1 aliphatic carbocycles. The molecule has 0 unspecified atom stereocenters. The number of rotatable bonds is 9. The molecule has 0 aliphatic heterocycles. The van der Waals surface area contributed by atoms with Crippen LogP contribution in [0.15, 0.2) is 54.6 Å². The molecule has 35 heavy (non-hydrogen) atoms. The zero-order valence-corrected chi connectivity index (χ0v) is 21.7. The van der Waals surface area contributed by atoms with Crippen LogP contribution >= 0.6 is 0 Å². The van der Waals surface area contributed by atoms with E-state index >= 15 is 4.39 Å². The minimum absolute atomic E-state index is 0.202. The number of aryl methyl sites for hydroxylation is 2. The first-order valence-corrected chi connectivity index (χ1v) is 14.0. The molecule has 1 saturated carbocycles. The van der Waals surface area contributed by atoms with Crippen molar-refractivity contribution < 1.29 is 4.39 Å². The minimum atomic E-state index is -0.202. The average molecular weight is 469 g/mol. The summed E-state index contributed by atoms with van der Waals surface area (Å²) in [5.41, 5.74) is 4.07. The van der Waals surface area contributed by atoms with Gasteiger partial charge in [0.1, 0.15) is 5.82 Å². The van der Waals surface area contributed by atoms with Gasteiger partial charge < -0.3 is 0 Å². The van der Waals surface area contributed by atoms with Crippen LogP contribution in [0.3, 0.4) is 0 Å². The van der Waals surface area contributed by atoms with Gasteiger partial charge in [-0.3, -0.25) is 0 Å². The molecule has 3 aromatic carbocycles. The Kier molecular flexibility index (Phi) is 9.42. The SMILES string of the molecule is CCCCc1ccc(C#Cc2ccc3cc(CCC4CCC(CCCC)CC4)ccc3c2F)cc1. The summed E-state index contributed by atoms with van der Waals surface area (Å²) >= 11 is 0. The van der Waals surface area contributed by atoms with Crippen molar-refractivity contribution in [1.82, 2.24) is 0 Å². The lowest BCUT2D eigenvalue weighted by Crippen LogP contribution is -2.15. The molecular formula is C34H41F. The van der Waals surface area contributed by atoms with Gasteiger partial charge in [0.05, 0.1) is 5.56 Å². The molecule has 0 amide bonds. The Morgan fingerprint density at radius 3 is 2.11 bits per heavy atom. The Labute approximate surface area is 212 Å². The molecule has 1 fully saturated rings. The molecule has 0 spiro atoms. The van der Waals surface area contributed by atoms with Crippen molar-refractivity contribution >= 4 is 10.8 Å². The molecule has 0 radical (unpaired) electrons. The number of benzene rings is 3. The second kappa shape index (κ2) is 12.9. The van der Waals surface area contributed by atoms with E-state index in [4.69, 9.17) is 0 Å². The van der Waals surface area contributed by atoms with Gasteiger partial charge in [-0.15, -0.1) is 0 Å². The van der Waals surface area contributed by atoms with Gasteiger partial charge >= 0.3 is 0 Å². The molecule has 0 atom stereocenters. The fourth-order valence-corrected chi connectivity index (χ4v) is 5.54. The van der Waals surface area contributed by atoms with Gasteiger partial charge in [0.15, 0.2) is 0 Å². The third-order valence-corrected chi connectivity index (χ3v) is 7.91. The van der Waals surface area contributed by atoms with Crippen LogP contribution in [0.5, 0.6) is 0 Å². The number of hydrogen-bond donors (Lipinski definition) is 0. The van der Waals surface area contributed by atoms with E-state index in [0.29, 0.717) is 10.9 Å². The van der Waals surface area contributed by atoms with Gasteiger partial charge in [-0.1, -0.05) is 113 Å². The lowest BCUT2D eigenvalue weighted by molar-refractivity contribution is 0.250. The van der Waals surface area contributed by atoms with E-state index in [1.807, 2.05) is 30.3 Å². The van der Waals surface area contributed by atoms with Crippen LogP contribution < -0.4 is 0 Å². The summed E-state index contributed by atoms with van der Waals surface area (Å²) in [7, 11) is 0. The lowest BCUT2D eigenvalue weighted by atomic mass is 9.78. The lowest BCUT2D eigenvalue weighted by Gasteiger charge is -2.28. The van der Waals surface area contributed by atoms with Gasteiger partial charge in [-0.05, 0) is 72.2 Å². The summed E-state index contributed by atoms with van der Waals surface area (Å²) in [6.45, 7) is 4.50. The fraction of sp³-hybridized carbons (Fsp3) is 0.471. The molecule has 3 aromatic rings. The maximum Gasteiger partial charge on any atom is 0.146 e. The van der Waals surface area contributed by atoms with E-state index in [0.717, 1.165) is 35.6 Å².